The summed E-state index contributed by atoms with van der Waals surface area (Å²) in [5.41, 5.74) is -0.678. The minimum absolute atomic E-state index is 0.0884. The van der Waals surface area contributed by atoms with Crippen LogP contribution in [0.5, 0.6) is 5.88 Å². The van der Waals surface area contributed by atoms with Gasteiger partial charge in [0.05, 0.1) is 19.8 Å². The Kier molecular flexibility index (Phi) is 11.6. The predicted octanol–water partition coefficient (Wildman–Crippen LogP) is 4.91. The quantitative estimate of drug-likeness (QED) is 0.170. The number of nitrogens with one attached hydrogen (secondary N) is 1. The van der Waals surface area contributed by atoms with Gasteiger partial charge in [-0.3, -0.25) is 4.90 Å². The van der Waals surface area contributed by atoms with Gasteiger partial charge in [0.25, 0.3) is 0 Å². The van der Waals surface area contributed by atoms with Crippen molar-refractivity contribution < 1.29 is 43.2 Å². The normalized spacial score (nSPS) is 17.1. The summed E-state index contributed by atoms with van der Waals surface area (Å²) < 4.78 is 22.1. The van der Waals surface area contributed by atoms with Gasteiger partial charge in [-0.25, -0.2) is 24.2 Å². The molecule has 2 heterocycles. The lowest BCUT2D eigenvalue weighted by molar-refractivity contribution is -0.148. The molecule has 1 saturated heterocycles. The lowest BCUT2D eigenvalue weighted by atomic mass is 9.87. The van der Waals surface area contributed by atoms with Crippen LogP contribution in [0.25, 0.3) is 10.8 Å². The van der Waals surface area contributed by atoms with E-state index in [4.69, 9.17) is 18.9 Å². The van der Waals surface area contributed by atoms with Crippen molar-refractivity contribution in [2.24, 2.45) is 5.41 Å². The first-order chi connectivity index (χ1) is 21.1. The molecule has 0 unspecified atom stereocenters. The van der Waals surface area contributed by atoms with E-state index in [1.54, 1.807) is 54.7 Å². The lowest BCUT2D eigenvalue weighted by Crippen LogP contribution is -2.49. The number of esters is 1. The van der Waals surface area contributed by atoms with Crippen LogP contribution in [0.4, 0.5) is 9.59 Å². The zero-order valence-corrected chi connectivity index (χ0v) is 27.0. The Morgan fingerprint density at radius 1 is 1.11 bits per heavy atom. The van der Waals surface area contributed by atoms with Crippen molar-refractivity contribution in [3.8, 4) is 17.7 Å². The molecule has 1 aliphatic heterocycles. The number of carboxylic acids is 1. The number of nitrogens with zero attached hydrogens (tertiary/aromatic N) is 2. The summed E-state index contributed by atoms with van der Waals surface area (Å²) >= 11 is 0. The van der Waals surface area contributed by atoms with Crippen LogP contribution in [0.3, 0.4) is 0 Å². The molecule has 244 valence electrons. The maximum Gasteiger partial charge on any atom is 0.411 e. The van der Waals surface area contributed by atoms with Crippen LogP contribution in [-0.2, 0) is 23.8 Å². The van der Waals surface area contributed by atoms with Gasteiger partial charge in [0.15, 0.2) is 0 Å². The number of alkyl carbamates (subject to hydrolysis) is 1. The Bertz CT molecular complexity index is 1450. The second-order valence-corrected chi connectivity index (χ2v) is 12.8. The number of pyridine rings is 1. The van der Waals surface area contributed by atoms with Gasteiger partial charge in [0, 0.05) is 30.0 Å². The number of hydrogen-bond acceptors (Lipinski definition) is 9. The number of carbonyl (C=O) groups is 4. The second kappa shape index (κ2) is 15.0. The summed E-state index contributed by atoms with van der Waals surface area (Å²) in [4.78, 5) is 54.8. The minimum atomic E-state index is -1.13. The molecular formula is C33H43N3O9. The zero-order chi connectivity index (χ0) is 33.4. The summed E-state index contributed by atoms with van der Waals surface area (Å²) in [6, 6.07) is 5.57. The van der Waals surface area contributed by atoms with Gasteiger partial charge in [-0.05, 0) is 63.1 Å². The van der Waals surface area contributed by atoms with Crippen molar-refractivity contribution in [1.29, 1.82) is 0 Å². The zero-order valence-electron chi connectivity index (χ0n) is 27.0. The van der Waals surface area contributed by atoms with Gasteiger partial charge in [-0.15, -0.1) is 0 Å². The molecule has 2 N–H and O–H groups in total. The van der Waals surface area contributed by atoms with Gasteiger partial charge in [-0.1, -0.05) is 38.7 Å². The number of carboxylic acid groups (broad SMARTS) is 1. The lowest BCUT2D eigenvalue weighted by Gasteiger charge is -2.27. The molecule has 2 aromatic rings. The maximum atomic E-state index is 12.9. The largest absolute Gasteiger partial charge is 0.480 e. The van der Waals surface area contributed by atoms with E-state index >= 15 is 0 Å². The fourth-order valence-electron chi connectivity index (χ4n) is 4.64. The van der Waals surface area contributed by atoms with Crippen molar-refractivity contribution in [2.75, 3.05) is 19.8 Å². The smallest absolute Gasteiger partial charge is 0.411 e. The van der Waals surface area contributed by atoms with E-state index in [1.165, 1.54) is 4.90 Å². The van der Waals surface area contributed by atoms with E-state index in [2.05, 4.69) is 22.1 Å². The molecule has 45 heavy (non-hydrogen) atoms. The summed E-state index contributed by atoms with van der Waals surface area (Å²) in [5.74, 6) is 4.86. The van der Waals surface area contributed by atoms with Gasteiger partial charge in [0.2, 0.25) is 5.88 Å². The summed E-state index contributed by atoms with van der Waals surface area (Å²) in [6.07, 6.45) is 0.841. The number of aromatic nitrogens is 1. The Labute approximate surface area is 263 Å². The highest BCUT2D eigenvalue weighted by Crippen LogP contribution is 2.30. The molecule has 0 bridgehead atoms. The first kappa shape index (κ1) is 35.0. The monoisotopic (exact) mass is 625 g/mol. The van der Waals surface area contributed by atoms with Crippen LogP contribution in [0.1, 0.15) is 73.3 Å². The molecular weight excluding hydrogens is 582 g/mol. The fourth-order valence-corrected chi connectivity index (χ4v) is 4.64. The number of amides is 2. The van der Waals surface area contributed by atoms with E-state index in [9.17, 15) is 24.3 Å². The highest BCUT2D eigenvalue weighted by atomic mass is 16.6. The van der Waals surface area contributed by atoms with Gasteiger partial charge < -0.3 is 29.4 Å². The van der Waals surface area contributed by atoms with Crippen molar-refractivity contribution in [1.82, 2.24) is 15.2 Å². The molecule has 0 aliphatic carbocycles. The minimum Gasteiger partial charge on any atom is -0.480 e. The fraction of sp³-hybridized carbons (Fsp3) is 0.545. The number of ether oxygens (including phenoxy) is 4. The standard InChI is InChI=1S/C33H43N3O9/c1-8-42-29(39)25-19-23(20-36(25)31(41)45-33(5,6)7)44-27-24-18-21(13-14-22(24)15-16-34-27)12-10-9-11-17-43-30(40)35-26(28(37)38)32(2,3)4/h13-16,18,23,25-26H,8-9,11,17,19-20H2,1-7H3,(H,35,40)(H,37,38)/t23-,25+,26-/m1/s1. The van der Waals surface area contributed by atoms with Crippen LogP contribution in [-0.4, -0.2) is 82.7 Å². The average Bonchev–Trinajstić information content (AvgIpc) is 3.36. The molecule has 1 aromatic carbocycles. The van der Waals surface area contributed by atoms with E-state index < -0.39 is 53.3 Å². The number of aliphatic carboxylic acids is 1. The number of unbranched alkanes of at least 4 members (excludes halogenated alkanes) is 1. The summed E-state index contributed by atoms with van der Waals surface area (Å²) in [7, 11) is 0. The molecule has 3 atom stereocenters. The van der Waals surface area contributed by atoms with Gasteiger partial charge >= 0.3 is 24.1 Å². The average molecular weight is 626 g/mol. The van der Waals surface area contributed by atoms with Crippen LogP contribution in [0, 0.1) is 17.3 Å². The molecule has 12 nitrogen and oxygen atoms in total. The van der Waals surface area contributed by atoms with Crippen molar-refractivity contribution in [3.05, 3.63) is 36.0 Å². The van der Waals surface area contributed by atoms with E-state index in [1.807, 2.05) is 24.3 Å². The Morgan fingerprint density at radius 3 is 2.49 bits per heavy atom. The van der Waals surface area contributed by atoms with Crippen molar-refractivity contribution in [3.63, 3.8) is 0 Å². The number of likely N-dealkylation sites (tertiary alicyclic amines) is 1. The number of fused-ring (bicyclic) bond motifs is 1. The van der Waals surface area contributed by atoms with Crippen LogP contribution in [0.15, 0.2) is 30.5 Å². The molecule has 1 aliphatic rings. The highest BCUT2D eigenvalue weighted by molar-refractivity contribution is 5.88. The molecule has 12 heteroatoms. The van der Waals surface area contributed by atoms with Gasteiger partial charge in [0.1, 0.15) is 23.8 Å². The predicted molar refractivity (Wildman–Crippen MR) is 166 cm³/mol. The SMILES string of the molecule is CCOC(=O)[C@@H]1C[C@@H](Oc2nccc3ccc(C#CCCCOC(=O)N[C@H](C(=O)O)C(C)(C)C)cc23)CN1C(=O)OC(C)(C)C. The third-order valence-electron chi connectivity index (χ3n) is 6.74. The Hall–Kier alpha value is -4.53. The maximum absolute atomic E-state index is 12.9. The highest BCUT2D eigenvalue weighted by Gasteiger charge is 2.43. The molecule has 1 aromatic heterocycles. The second-order valence-electron chi connectivity index (χ2n) is 12.8. The number of carbonyl (C=O) groups excluding carboxylic acids is 3. The van der Waals surface area contributed by atoms with E-state index in [0.29, 0.717) is 18.7 Å². The van der Waals surface area contributed by atoms with Crippen LogP contribution >= 0.6 is 0 Å². The van der Waals surface area contributed by atoms with Crippen LogP contribution < -0.4 is 10.1 Å². The molecule has 2 amide bonds. The first-order valence-corrected chi connectivity index (χ1v) is 15.0. The third-order valence-corrected chi connectivity index (χ3v) is 6.74. The van der Waals surface area contributed by atoms with E-state index in [0.717, 1.165) is 16.3 Å². The van der Waals surface area contributed by atoms with Crippen LogP contribution in [0.2, 0.25) is 0 Å². The molecule has 3 rings (SSSR count). The summed E-state index contributed by atoms with van der Waals surface area (Å²) in [6.45, 7) is 12.5. The van der Waals surface area contributed by atoms with E-state index in [-0.39, 0.29) is 26.2 Å². The number of hydrogen-bond donors (Lipinski definition) is 2. The first-order valence-electron chi connectivity index (χ1n) is 15.0. The number of rotatable bonds is 9. The Balaban J connectivity index is 1.64. The summed E-state index contributed by atoms with van der Waals surface area (Å²) in [5, 5.41) is 13.3. The molecule has 0 saturated carbocycles. The van der Waals surface area contributed by atoms with Crippen molar-refractivity contribution >= 4 is 34.9 Å². The molecule has 0 spiro atoms. The topological polar surface area (TPSA) is 154 Å². The molecule has 1 fully saturated rings. The number of benzene rings is 1. The van der Waals surface area contributed by atoms with Crippen molar-refractivity contribution in [2.45, 2.75) is 91.5 Å². The Morgan fingerprint density at radius 2 is 1.84 bits per heavy atom. The third kappa shape index (κ3) is 10.3. The molecule has 0 radical (unpaired) electrons. The van der Waals surface area contributed by atoms with Gasteiger partial charge in [-0.2, -0.15) is 0 Å².